The molecule has 1 aliphatic rings. The van der Waals surface area contributed by atoms with E-state index in [-0.39, 0.29) is 23.3 Å². The van der Waals surface area contributed by atoms with Gasteiger partial charge in [-0.25, -0.2) is 9.18 Å². The minimum absolute atomic E-state index is 0.0738. The molecule has 1 fully saturated rings. The number of imidazole rings is 1. The van der Waals surface area contributed by atoms with Gasteiger partial charge in [0.05, 0.1) is 41.9 Å². The molecule has 0 spiro atoms. The minimum atomic E-state index is -1.10. The van der Waals surface area contributed by atoms with Crippen LogP contribution in [0.5, 0.6) is 6.01 Å². The van der Waals surface area contributed by atoms with Crippen LogP contribution in [0.15, 0.2) is 42.5 Å². The summed E-state index contributed by atoms with van der Waals surface area (Å²) < 4.78 is 21.5. The Hall–Kier alpha value is -3.33. The summed E-state index contributed by atoms with van der Waals surface area (Å²) in [4.78, 5) is 29.4. The van der Waals surface area contributed by atoms with Crippen molar-refractivity contribution in [2.45, 2.75) is 57.9 Å². The molecule has 4 rings (SSSR count). The van der Waals surface area contributed by atoms with Gasteiger partial charge < -0.3 is 15.2 Å². The van der Waals surface area contributed by atoms with Crippen molar-refractivity contribution in [3.63, 3.8) is 0 Å². The van der Waals surface area contributed by atoms with Crippen molar-refractivity contribution < 1.29 is 23.8 Å². The zero-order chi connectivity index (χ0) is 26.5. The fourth-order valence-corrected chi connectivity index (χ4v) is 4.81. The van der Waals surface area contributed by atoms with Gasteiger partial charge in [-0.1, -0.05) is 44.0 Å². The fraction of sp³-hybridized carbons (Fsp3) is 0.393. The number of hydrogen-bond acceptors (Lipinski definition) is 5. The van der Waals surface area contributed by atoms with E-state index in [1.54, 1.807) is 24.3 Å². The van der Waals surface area contributed by atoms with Gasteiger partial charge in [-0.05, 0) is 60.6 Å². The van der Waals surface area contributed by atoms with Crippen LogP contribution in [0.2, 0.25) is 0 Å². The van der Waals surface area contributed by atoms with Crippen molar-refractivity contribution in [1.29, 1.82) is 0 Å². The molecule has 3 aromatic rings. The topological polar surface area (TPSA) is 93.5 Å². The Morgan fingerprint density at radius 3 is 2.68 bits per heavy atom. The molecule has 1 amide bonds. The van der Waals surface area contributed by atoms with Crippen molar-refractivity contribution in [1.82, 2.24) is 14.9 Å². The van der Waals surface area contributed by atoms with E-state index < -0.39 is 11.8 Å². The van der Waals surface area contributed by atoms with Gasteiger partial charge in [0, 0.05) is 0 Å². The Morgan fingerprint density at radius 1 is 1.24 bits per heavy atom. The summed E-state index contributed by atoms with van der Waals surface area (Å²) in [6.45, 7) is 4.82. The molecule has 1 aromatic heterocycles. The summed E-state index contributed by atoms with van der Waals surface area (Å²) in [6.07, 6.45) is 3.73. The smallest absolute Gasteiger partial charge is 0.336 e. The number of benzene rings is 2. The van der Waals surface area contributed by atoms with E-state index >= 15 is 0 Å². The van der Waals surface area contributed by atoms with Crippen molar-refractivity contribution in [2.24, 2.45) is 5.92 Å². The van der Waals surface area contributed by atoms with Crippen molar-refractivity contribution in [3.8, 4) is 17.1 Å². The summed E-state index contributed by atoms with van der Waals surface area (Å²) in [7, 11) is 0. The lowest BCUT2D eigenvalue weighted by molar-refractivity contribution is -0.120. The molecular weight excluding hydrogens is 493 g/mol. The average molecular weight is 526 g/mol. The first-order valence-electron chi connectivity index (χ1n) is 12.6. The van der Waals surface area contributed by atoms with Crippen LogP contribution in [-0.2, 0) is 24.3 Å². The van der Waals surface area contributed by atoms with Crippen LogP contribution in [0.1, 0.15) is 60.4 Å². The molecule has 0 bridgehead atoms. The van der Waals surface area contributed by atoms with E-state index in [4.69, 9.17) is 4.74 Å². The van der Waals surface area contributed by atoms with E-state index in [9.17, 15) is 19.1 Å². The summed E-state index contributed by atoms with van der Waals surface area (Å²) in [6, 6.07) is 11.4. The maximum Gasteiger partial charge on any atom is 0.336 e. The van der Waals surface area contributed by atoms with E-state index in [1.807, 2.05) is 24.5 Å². The number of rotatable bonds is 12. The monoisotopic (exact) mass is 525 g/mol. The summed E-state index contributed by atoms with van der Waals surface area (Å²) >= 11 is 4.48. The second-order valence-electron chi connectivity index (χ2n) is 9.27. The third-order valence-electron chi connectivity index (χ3n) is 6.51. The van der Waals surface area contributed by atoms with Crippen LogP contribution in [0.4, 0.5) is 4.39 Å². The fourth-order valence-electron chi connectivity index (χ4n) is 4.42. The summed E-state index contributed by atoms with van der Waals surface area (Å²) in [5, 5.41) is 12.5. The van der Waals surface area contributed by atoms with Crippen LogP contribution in [0, 0.1) is 11.7 Å². The molecule has 1 aliphatic carbocycles. The Balaban J connectivity index is 1.63. The lowest BCUT2D eigenvalue weighted by Gasteiger charge is -2.16. The zero-order valence-corrected chi connectivity index (χ0v) is 21.9. The number of halogens is 1. The number of aromatic nitrogens is 2. The molecule has 37 heavy (non-hydrogen) atoms. The molecule has 1 saturated carbocycles. The molecule has 7 nitrogen and oxygen atoms in total. The third-order valence-corrected chi connectivity index (χ3v) is 6.95. The molecule has 9 heteroatoms. The number of nitrogens with zero attached hydrogens (tertiary/aromatic N) is 2. The van der Waals surface area contributed by atoms with E-state index in [1.165, 1.54) is 12.1 Å². The predicted octanol–water partition coefficient (Wildman–Crippen LogP) is 5.11. The number of hydrogen-bond donors (Lipinski definition) is 3. The quantitative estimate of drug-likeness (QED) is 0.286. The first-order valence-corrected chi connectivity index (χ1v) is 13.1. The number of aromatic carboxylic acids is 1. The van der Waals surface area contributed by atoms with E-state index in [2.05, 4.69) is 22.9 Å². The minimum Gasteiger partial charge on any atom is -0.478 e. The second-order valence-corrected chi connectivity index (χ2v) is 9.89. The van der Waals surface area contributed by atoms with Gasteiger partial charge in [-0.2, -0.15) is 17.6 Å². The Labute approximate surface area is 221 Å². The van der Waals surface area contributed by atoms with Crippen molar-refractivity contribution >= 4 is 24.5 Å². The van der Waals surface area contributed by atoms with Gasteiger partial charge in [0.2, 0.25) is 5.91 Å². The number of nitrogens with one attached hydrogen (secondary N) is 1. The number of thiol groups is 1. The highest BCUT2D eigenvalue weighted by atomic mass is 32.1. The standard InChI is InChI=1S/C28H32FN3O4S/c1-3-23-24(15-30-26(33)25(37)13-17-8-9-17)32(28(31-23)36-4-2)16-18-10-11-21(22(12-18)27(34)35)19-6-5-7-20(29)14-19/h5-7,10-12,14,17,25,37H,3-4,8-9,13,15-16H2,1-2H3,(H,30,33)(H,34,35)/t25-/m0/s1. The number of carbonyl (C=O) groups is 2. The van der Waals surface area contributed by atoms with Gasteiger partial charge in [-0.15, -0.1) is 0 Å². The van der Waals surface area contributed by atoms with Crippen molar-refractivity contribution in [3.05, 3.63) is 70.8 Å². The van der Waals surface area contributed by atoms with Crippen LogP contribution in [0.25, 0.3) is 11.1 Å². The highest BCUT2D eigenvalue weighted by molar-refractivity contribution is 7.81. The number of amides is 1. The normalized spacial score (nSPS) is 13.8. The molecule has 196 valence electrons. The zero-order valence-electron chi connectivity index (χ0n) is 21.0. The van der Waals surface area contributed by atoms with Gasteiger partial charge in [0.25, 0.3) is 6.01 Å². The molecule has 1 atom stereocenters. The number of ether oxygens (including phenoxy) is 1. The summed E-state index contributed by atoms with van der Waals surface area (Å²) in [5.41, 5.74) is 3.32. The van der Waals surface area contributed by atoms with E-state index in [0.29, 0.717) is 48.2 Å². The van der Waals surface area contributed by atoms with Gasteiger partial charge in [-0.3, -0.25) is 9.36 Å². The maximum absolute atomic E-state index is 13.8. The van der Waals surface area contributed by atoms with Crippen molar-refractivity contribution in [2.75, 3.05) is 6.61 Å². The predicted molar refractivity (Wildman–Crippen MR) is 143 cm³/mol. The second kappa shape index (κ2) is 11.8. The number of carbonyl (C=O) groups excluding carboxylic acids is 1. The molecule has 1 heterocycles. The Bertz CT molecular complexity index is 1290. The number of carboxylic acids is 1. The highest BCUT2D eigenvalue weighted by Gasteiger charge is 2.27. The molecule has 0 unspecified atom stereocenters. The maximum atomic E-state index is 13.8. The number of carboxylic acid groups (broad SMARTS) is 1. The van der Waals surface area contributed by atoms with Crippen LogP contribution >= 0.6 is 12.6 Å². The average Bonchev–Trinajstić information content (AvgIpc) is 3.64. The van der Waals surface area contributed by atoms with Gasteiger partial charge in [0.1, 0.15) is 5.82 Å². The van der Waals surface area contributed by atoms with E-state index in [0.717, 1.165) is 30.7 Å². The lowest BCUT2D eigenvalue weighted by Crippen LogP contribution is -2.32. The molecule has 0 radical (unpaired) electrons. The first kappa shape index (κ1) is 26.7. The van der Waals surface area contributed by atoms with Gasteiger partial charge >= 0.3 is 5.97 Å². The largest absolute Gasteiger partial charge is 0.478 e. The van der Waals surface area contributed by atoms with Crippen LogP contribution in [0.3, 0.4) is 0 Å². The molecule has 0 aliphatic heterocycles. The molecular formula is C28H32FN3O4S. The molecule has 2 aromatic carbocycles. The molecule has 2 N–H and O–H groups in total. The SMILES string of the molecule is CCOc1nc(CC)c(CNC(=O)[C@@H](S)CC2CC2)n1Cc1ccc(-c2cccc(F)c2)c(C(=O)O)c1. The number of aryl methyl sites for hydroxylation is 1. The Morgan fingerprint density at radius 2 is 2.03 bits per heavy atom. The van der Waals surface area contributed by atoms with Crippen LogP contribution in [-0.4, -0.2) is 38.4 Å². The highest BCUT2D eigenvalue weighted by Crippen LogP contribution is 2.35. The lowest BCUT2D eigenvalue weighted by atomic mass is 9.97. The first-order chi connectivity index (χ1) is 17.8. The summed E-state index contributed by atoms with van der Waals surface area (Å²) in [5.74, 6) is -1.06. The Kier molecular flexibility index (Phi) is 8.53. The third kappa shape index (κ3) is 6.52. The van der Waals surface area contributed by atoms with Crippen LogP contribution < -0.4 is 10.1 Å². The molecule has 0 saturated heterocycles. The van der Waals surface area contributed by atoms with Gasteiger partial charge in [0.15, 0.2) is 0 Å².